The first-order valence-electron chi connectivity index (χ1n) is 5.70. The number of hydrogen-bond donors (Lipinski definition) is 0. The number of carboxylic acid groups (broad SMARTS) is 2. The molecule has 0 bridgehead atoms. The number of aromatic nitrogens is 2. The van der Waals surface area contributed by atoms with Gasteiger partial charge in [-0.15, -0.1) is 0 Å². The molecule has 6 heteroatoms. The van der Waals surface area contributed by atoms with Crippen molar-refractivity contribution in [3.63, 3.8) is 0 Å². The highest BCUT2D eigenvalue weighted by Crippen LogP contribution is 2.21. The molecule has 0 spiro atoms. The summed E-state index contributed by atoms with van der Waals surface area (Å²) in [6, 6.07) is 8.83. The maximum absolute atomic E-state index is 11.0. The Hall–Kier alpha value is -3.02. The molecule has 0 radical (unpaired) electrons. The molecule has 98 valence electrons. The molecule has 0 saturated heterocycles. The highest BCUT2D eigenvalue weighted by atomic mass is 16.4. The van der Waals surface area contributed by atoms with Crippen molar-refractivity contribution >= 4 is 34.0 Å². The van der Waals surface area contributed by atoms with E-state index in [4.69, 9.17) is 0 Å². The normalized spacial score (nSPS) is 10.8. The summed E-state index contributed by atoms with van der Waals surface area (Å²) in [6.45, 7) is 0. The smallest absolute Gasteiger partial charge is 0.0985 e. The number of fused-ring (bicyclic) bond motifs is 2. The third kappa shape index (κ3) is 1.74. The lowest BCUT2D eigenvalue weighted by molar-refractivity contribution is -0.256. The van der Waals surface area contributed by atoms with Crippen LogP contribution in [0.2, 0.25) is 0 Å². The number of carbonyl (C=O) groups is 2. The molecule has 2 aromatic carbocycles. The van der Waals surface area contributed by atoms with Crippen LogP contribution in [-0.4, -0.2) is 21.9 Å². The van der Waals surface area contributed by atoms with Crippen LogP contribution >= 0.6 is 0 Å². The summed E-state index contributed by atoms with van der Waals surface area (Å²) in [7, 11) is 0. The van der Waals surface area contributed by atoms with E-state index in [1.165, 1.54) is 24.3 Å². The summed E-state index contributed by atoms with van der Waals surface area (Å²) in [6.07, 6.45) is 0. The Kier molecular flexibility index (Phi) is 2.57. The second-order valence-corrected chi connectivity index (χ2v) is 4.15. The summed E-state index contributed by atoms with van der Waals surface area (Å²) in [4.78, 5) is 30.4. The van der Waals surface area contributed by atoms with Gasteiger partial charge in [0, 0.05) is 11.1 Å². The monoisotopic (exact) mass is 266 g/mol. The van der Waals surface area contributed by atoms with Crippen molar-refractivity contribution in [2.75, 3.05) is 0 Å². The first kappa shape index (κ1) is 12.0. The van der Waals surface area contributed by atoms with Crippen molar-refractivity contribution in [1.82, 2.24) is 9.97 Å². The molecular formula is C14H6N2O4-2. The zero-order chi connectivity index (χ0) is 14.3. The SMILES string of the molecule is O=C([O-])c1cccc2nc3c(C(=O)[O-])cccc3nc12. The number of rotatable bonds is 2. The molecule has 0 aliphatic rings. The molecule has 3 aromatic rings. The highest BCUT2D eigenvalue weighted by Gasteiger charge is 2.09. The van der Waals surface area contributed by atoms with Gasteiger partial charge in [-0.2, -0.15) is 0 Å². The number of benzene rings is 2. The molecule has 0 unspecified atom stereocenters. The van der Waals surface area contributed by atoms with Crippen LogP contribution in [0, 0.1) is 0 Å². The van der Waals surface area contributed by atoms with Crippen molar-refractivity contribution in [1.29, 1.82) is 0 Å². The minimum Gasteiger partial charge on any atom is -0.545 e. The standard InChI is InChI=1S/C14H8N2O4/c17-13(18)7-3-1-5-9-11(7)16-10-6-2-4-8(14(19)20)12(10)15-9/h1-6H,(H,17,18)(H,19,20)/p-2. The maximum atomic E-state index is 11.0. The van der Waals surface area contributed by atoms with Gasteiger partial charge in [-0.1, -0.05) is 24.3 Å². The van der Waals surface area contributed by atoms with Crippen LogP contribution in [0.3, 0.4) is 0 Å². The van der Waals surface area contributed by atoms with Crippen molar-refractivity contribution in [3.8, 4) is 0 Å². The lowest BCUT2D eigenvalue weighted by Gasteiger charge is -2.10. The molecular weight excluding hydrogens is 260 g/mol. The van der Waals surface area contributed by atoms with Gasteiger partial charge in [0.15, 0.2) is 0 Å². The van der Waals surface area contributed by atoms with E-state index in [-0.39, 0.29) is 33.2 Å². The van der Waals surface area contributed by atoms with E-state index in [1.54, 1.807) is 12.1 Å². The van der Waals surface area contributed by atoms with Gasteiger partial charge in [-0.3, -0.25) is 0 Å². The average molecular weight is 266 g/mol. The maximum Gasteiger partial charge on any atom is 0.0985 e. The Morgan fingerprint density at radius 2 is 1.15 bits per heavy atom. The third-order valence-electron chi connectivity index (χ3n) is 2.93. The molecule has 0 saturated carbocycles. The third-order valence-corrected chi connectivity index (χ3v) is 2.93. The lowest BCUT2D eigenvalue weighted by atomic mass is 10.1. The van der Waals surface area contributed by atoms with Crippen LogP contribution in [0.4, 0.5) is 0 Å². The Bertz CT molecular complexity index is 800. The Morgan fingerprint density at radius 3 is 1.50 bits per heavy atom. The van der Waals surface area contributed by atoms with Crippen LogP contribution in [0.25, 0.3) is 22.1 Å². The van der Waals surface area contributed by atoms with Gasteiger partial charge in [0.25, 0.3) is 0 Å². The minimum absolute atomic E-state index is 0.0873. The number of hydrogen-bond acceptors (Lipinski definition) is 6. The van der Waals surface area contributed by atoms with Gasteiger partial charge in [-0.25, -0.2) is 9.97 Å². The number of carboxylic acids is 2. The van der Waals surface area contributed by atoms with Crippen LogP contribution in [0.1, 0.15) is 20.7 Å². The van der Waals surface area contributed by atoms with Gasteiger partial charge >= 0.3 is 0 Å². The minimum atomic E-state index is -1.36. The fourth-order valence-electron chi connectivity index (χ4n) is 2.05. The van der Waals surface area contributed by atoms with Crippen LogP contribution < -0.4 is 10.2 Å². The predicted molar refractivity (Wildman–Crippen MR) is 65.7 cm³/mol. The van der Waals surface area contributed by atoms with E-state index >= 15 is 0 Å². The molecule has 0 N–H and O–H groups in total. The number of carbonyl (C=O) groups excluding carboxylic acids is 2. The van der Waals surface area contributed by atoms with Gasteiger partial charge in [-0.05, 0) is 12.1 Å². The van der Waals surface area contributed by atoms with E-state index in [9.17, 15) is 19.8 Å². The number of nitrogens with zero attached hydrogens (tertiary/aromatic N) is 2. The zero-order valence-corrected chi connectivity index (χ0v) is 9.99. The molecule has 20 heavy (non-hydrogen) atoms. The van der Waals surface area contributed by atoms with E-state index < -0.39 is 11.9 Å². The van der Waals surface area contributed by atoms with Crippen LogP contribution in [0.5, 0.6) is 0 Å². The second-order valence-electron chi connectivity index (χ2n) is 4.15. The topological polar surface area (TPSA) is 106 Å². The highest BCUT2D eigenvalue weighted by molar-refractivity contribution is 6.05. The summed E-state index contributed by atoms with van der Waals surface area (Å²) in [5, 5.41) is 22.1. The number of aromatic carboxylic acids is 2. The fraction of sp³-hybridized carbons (Fsp3) is 0. The molecule has 1 aromatic heterocycles. The molecule has 0 aliphatic carbocycles. The quantitative estimate of drug-likeness (QED) is 0.579. The van der Waals surface area contributed by atoms with Crippen molar-refractivity contribution in [2.45, 2.75) is 0 Å². The van der Waals surface area contributed by atoms with Gasteiger partial charge in [0.05, 0.1) is 34.0 Å². The number of para-hydroxylation sites is 2. The largest absolute Gasteiger partial charge is 0.545 e. The predicted octanol–water partition coefficient (Wildman–Crippen LogP) is -0.490. The summed E-state index contributed by atoms with van der Waals surface area (Å²) >= 11 is 0. The Balaban J connectivity index is 2.46. The van der Waals surface area contributed by atoms with Crippen LogP contribution in [-0.2, 0) is 0 Å². The first-order valence-corrected chi connectivity index (χ1v) is 5.70. The van der Waals surface area contributed by atoms with E-state index in [1.807, 2.05) is 0 Å². The molecule has 0 fully saturated rings. The van der Waals surface area contributed by atoms with E-state index in [0.717, 1.165) is 0 Å². The summed E-state index contributed by atoms with van der Waals surface area (Å²) < 4.78 is 0. The van der Waals surface area contributed by atoms with Gasteiger partial charge < -0.3 is 19.8 Å². The van der Waals surface area contributed by atoms with E-state index in [2.05, 4.69) is 9.97 Å². The summed E-state index contributed by atoms with van der Waals surface area (Å²) in [5.41, 5.74) is 0.721. The molecule has 0 amide bonds. The van der Waals surface area contributed by atoms with Gasteiger partial charge in [0.1, 0.15) is 0 Å². The lowest BCUT2D eigenvalue weighted by Crippen LogP contribution is -2.23. The van der Waals surface area contributed by atoms with E-state index in [0.29, 0.717) is 0 Å². The zero-order valence-electron chi connectivity index (χ0n) is 9.99. The molecule has 6 nitrogen and oxygen atoms in total. The van der Waals surface area contributed by atoms with Crippen molar-refractivity contribution < 1.29 is 19.8 Å². The second kappa shape index (κ2) is 4.27. The summed E-state index contributed by atoms with van der Waals surface area (Å²) in [5.74, 6) is -2.72. The Morgan fingerprint density at radius 1 is 0.750 bits per heavy atom. The van der Waals surface area contributed by atoms with Gasteiger partial charge in [0.2, 0.25) is 0 Å². The molecule has 3 rings (SSSR count). The average Bonchev–Trinajstić information content (AvgIpc) is 2.43. The fourth-order valence-corrected chi connectivity index (χ4v) is 2.05. The molecule has 0 atom stereocenters. The Labute approximate surface area is 112 Å². The van der Waals surface area contributed by atoms with Crippen molar-refractivity contribution in [3.05, 3.63) is 47.5 Å². The molecule has 1 heterocycles. The first-order chi connectivity index (χ1) is 9.58. The van der Waals surface area contributed by atoms with Crippen molar-refractivity contribution in [2.24, 2.45) is 0 Å². The molecule has 0 aliphatic heterocycles. The van der Waals surface area contributed by atoms with Crippen LogP contribution in [0.15, 0.2) is 36.4 Å².